The summed E-state index contributed by atoms with van der Waals surface area (Å²) in [7, 11) is 0. The summed E-state index contributed by atoms with van der Waals surface area (Å²) in [5, 5.41) is 0. The zero-order valence-electron chi connectivity index (χ0n) is 9.25. The van der Waals surface area contributed by atoms with E-state index < -0.39 is 0 Å². The molecule has 82 valence electrons. The molecule has 0 radical (unpaired) electrons. The maximum Gasteiger partial charge on any atom is 0.0180 e. The monoisotopic (exact) mass is 196 g/mol. The van der Waals surface area contributed by atoms with E-state index >= 15 is 0 Å². The molecule has 1 heterocycles. The zero-order valence-corrected chi connectivity index (χ0v) is 9.25. The van der Waals surface area contributed by atoms with E-state index in [1.807, 2.05) is 0 Å². The second-order valence-corrected chi connectivity index (χ2v) is 5.14. The largest absolute Gasteiger partial charge is 0.326 e. The Bertz CT molecular complexity index is 164. The van der Waals surface area contributed by atoms with E-state index in [0.717, 1.165) is 12.5 Å². The molecule has 0 amide bonds. The first-order valence-electron chi connectivity index (χ1n) is 6.32. The average molecular weight is 196 g/mol. The van der Waals surface area contributed by atoms with E-state index in [0.29, 0.717) is 6.04 Å². The Morgan fingerprint density at radius 2 is 1.93 bits per heavy atom. The minimum Gasteiger partial charge on any atom is -0.326 e. The van der Waals surface area contributed by atoms with Crippen LogP contribution in [0.3, 0.4) is 0 Å². The molecule has 0 aromatic carbocycles. The van der Waals surface area contributed by atoms with Crippen molar-refractivity contribution < 1.29 is 0 Å². The van der Waals surface area contributed by atoms with Gasteiger partial charge in [0.05, 0.1) is 0 Å². The fourth-order valence-electron chi connectivity index (χ4n) is 2.97. The standard InChI is InChI=1S/C12H24N2/c13-12-7-9-14(10-12)8-3-6-11-4-1-2-5-11/h11-12H,1-10,13H2/t12-/m0/s1. The molecule has 2 rings (SSSR count). The Morgan fingerprint density at radius 3 is 2.57 bits per heavy atom. The molecule has 1 atom stereocenters. The van der Waals surface area contributed by atoms with Gasteiger partial charge in [0, 0.05) is 12.6 Å². The first-order chi connectivity index (χ1) is 6.84. The van der Waals surface area contributed by atoms with Gasteiger partial charge in [-0.15, -0.1) is 0 Å². The lowest BCUT2D eigenvalue weighted by Gasteiger charge is -2.16. The van der Waals surface area contributed by atoms with Gasteiger partial charge < -0.3 is 10.6 Å². The quantitative estimate of drug-likeness (QED) is 0.745. The Morgan fingerprint density at radius 1 is 1.14 bits per heavy atom. The Kier molecular flexibility index (Phi) is 3.82. The molecule has 2 heteroatoms. The molecule has 2 nitrogen and oxygen atoms in total. The van der Waals surface area contributed by atoms with Crippen LogP contribution in [0.4, 0.5) is 0 Å². The molecule has 0 aromatic rings. The van der Waals surface area contributed by atoms with E-state index in [2.05, 4.69) is 4.90 Å². The van der Waals surface area contributed by atoms with Gasteiger partial charge in [0.25, 0.3) is 0 Å². The van der Waals surface area contributed by atoms with Crippen molar-refractivity contribution in [2.45, 2.75) is 51.0 Å². The molecule has 0 spiro atoms. The van der Waals surface area contributed by atoms with Crippen LogP contribution in [0.5, 0.6) is 0 Å². The number of hydrogen-bond acceptors (Lipinski definition) is 2. The van der Waals surface area contributed by atoms with Crippen LogP contribution in [0.2, 0.25) is 0 Å². The summed E-state index contributed by atoms with van der Waals surface area (Å²) in [6.45, 7) is 3.68. The third-order valence-corrected chi connectivity index (χ3v) is 3.87. The summed E-state index contributed by atoms with van der Waals surface area (Å²) in [6.07, 6.45) is 10.0. The van der Waals surface area contributed by atoms with E-state index in [4.69, 9.17) is 5.73 Å². The number of nitrogens with zero attached hydrogens (tertiary/aromatic N) is 1. The normalized spacial score (nSPS) is 30.2. The van der Waals surface area contributed by atoms with E-state index in [1.165, 1.54) is 58.0 Å². The van der Waals surface area contributed by atoms with E-state index in [1.54, 1.807) is 0 Å². The van der Waals surface area contributed by atoms with Crippen LogP contribution in [-0.4, -0.2) is 30.6 Å². The molecule has 1 aliphatic heterocycles. The molecule has 2 N–H and O–H groups in total. The van der Waals surface area contributed by atoms with Crippen molar-refractivity contribution in [2.24, 2.45) is 11.7 Å². The van der Waals surface area contributed by atoms with Crippen molar-refractivity contribution in [1.82, 2.24) is 4.90 Å². The lowest BCUT2D eigenvalue weighted by atomic mass is 10.0. The van der Waals surface area contributed by atoms with Crippen LogP contribution in [0, 0.1) is 5.92 Å². The topological polar surface area (TPSA) is 29.3 Å². The third-order valence-electron chi connectivity index (χ3n) is 3.87. The SMILES string of the molecule is N[C@H]1CCN(CCCC2CCCC2)C1. The maximum absolute atomic E-state index is 5.88. The summed E-state index contributed by atoms with van der Waals surface area (Å²) in [5.74, 6) is 1.06. The molecule has 0 unspecified atom stereocenters. The average Bonchev–Trinajstić information content (AvgIpc) is 2.77. The van der Waals surface area contributed by atoms with Gasteiger partial charge in [0.15, 0.2) is 0 Å². The molecule has 1 saturated carbocycles. The molecular formula is C12H24N2. The predicted molar refractivity (Wildman–Crippen MR) is 60.2 cm³/mol. The summed E-state index contributed by atoms with van der Waals surface area (Å²) in [5.41, 5.74) is 5.88. The van der Waals surface area contributed by atoms with E-state index in [9.17, 15) is 0 Å². The van der Waals surface area contributed by atoms with Gasteiger partial charge in [-0.2, -0.15) is 0 Å². The second kappa shape index (κ2) is 5.13. The lowest BCUT2D eigenvalue weighted by Crippen LogP contribution is -2.27. The highest BCUT2D eigenvalue weighted by Gasteiger charge is 2.19. The predicted octanol–water partition coefficient (Wildman–Crippen LogP) is 1.99. The maximum atomic E-state index is 5.88. The van der Waals surface area contributed by atoms with Gasteiger partial charge >= 0.3 is 0 Å². The molecular weight excluding hydrogens is 172 g/mol. The highest BCUT2D eigenvalue weighted by atomic mass is 15.2. The fourth-order valence-corrected chi connectivity index (χ4v) is 2.97. The number of nitrogens with two attached hydrogens (primary N) is 1. The van der Waals surface area contributed by atoms with Crippen LogP contribution >= 0.6 is 0 Å². The van der Waals surface area contributed by atoms with Crippen molar-refractivity contribution in [2.75, 3.05) is 19.6 Å². The molecule has 0 bridgehead atoms. The molecule has 1 aliphatic carbocycles. The Hall–Kier alpha value is -0.0800. The Balaban J connectivity index is 1.54. The van der Waals surface area contributed by atoms with Crippen molar-refractivity contribution in [3.63, 3.8) is 0 Å². The van der Waals surface area contributed by atoms with Gasteiger partial charge in [-0.1, -0.05) is 25.7 Å². The summed E-state index contributed by atoms with van der Waals surface area (Å²) in [6, 6.07) is 0.460. The minimum atomic E-state index is 0.460. The number of rotatable bonds is 4. The lowest BCUT2D eigenvalue weighted by molar-refractivity contribution is 0.312. The van der Waals surface area contributed by atoms with E-state index in [-0.39, 0.29) is 0 Å². The van der Waals surface area contributed by atoms with Gasteiger partial charge in [0.2, 0.25) is 0 Å². The Labute approximate surface area is 87.8 Å². The molecule has 2 aliphatic rings. The van der Waals surface area contributed by atoms with Crippen LogP contribution in [0.1, 0.15) is 44.9 Å². The molecule has 0 aromatic heterocycles. The van der Waals surface area contributed by atoms with Gasteiger partial charge in [-0.25, -0.2) is 0 Å². The van der Waals surface area contributed by atoms with Gasteiger partial charge in [0.1, 0.15) is 0 Å². The summed E-state index contributed by atoms with van der Waals surface area (Å²) < 4.78 is 0. The van der Waals surface area contributed by atoms with Crippen molar-refractivity contribution in [3.8, 4) is 0 Å². The minimum absolute atomic E-state index is 0.460. The fraction of sp³-hybridized carbons (Fsp3) is 1.00. The number of hydrogen-bond donors (Lipinski definition) is 1. The smallest absolute Gasteiger partial charge is 0.0180 e. The molecule has 2 fully saturated rings. The second-order valence-electron chi connectivity index (χ2n) is 5.14. The summed E-state index contributed by atoms with van der Waals surface area (Å²) >= 11 is 0. The third kappa shape index (κ3) is 2.96. The number of likely N-dealkylation sites (tertiary alicyclic amines) is 1. The molecule has 14 heavy (non-hydrogen) atoms. The van der Waals surface area contributed by atoms with Crippen molar-refractivity contribution in [3.05, 3.63) is 0 Å². The highest BCUT2D eigenvalue weighted by molar-refractivity contribution is 4.78. The summed E-state index contributed by atoms with van der Waals surface area (Å²) in [4.78, 5) is 2.54. The van der Waals surface area contributed by atoms with Crippen molar-refractivity contribution in [1.29, 1.82) is 0 Å². The van der Waals surface area contributed by atoms with Gasteiger partial charge in [-0.3, -0.25) is 0 Å². The van der Waals surface area contributed by atoms with Crippen LogP contribution in [-0.2, 0) is 0 Å². The van der Waals surface area contributed by atoms with Crippen molar-refractivity contribution >= 4 is 0 Å². The first-order valence-corrected chi connectivity index (χ1v) is 6.32. The first kappa shape index (κ1) is 10.4. The van der Waals surface area contributed by atoms with Crippen LogP contribution < -0.4 is 5.73 Å². The highest BCUT2D eigenvalue weighted by Crippen LogP contribution is 2.28. The molecule has 1 saturated heterocycles. The van der Waals surface area contributed by atoms with Crippen LogP contribution in [0.15, 0.2) is 0 Å². The zero-order chi connectivity index (χ0) is 9.80. The van der Waals surface area contributed by atoms with Gasteiger partial charge in [-0.05, 0) is 38.3 Å². The van der Waals surface area contributed by atoms with Crippen LogP contribution in [0.25, 0.3) is 0 Å².